The van der Waals surface area contributed by atoms with Gasteiger partial charge in [0.15, 0.2) is 6.10 Å². The summed E-state index contributed by atoms with van der Waals surface area (Å²) in [4.78, 5) is 48.5. The van der Waals surface area contributed by atoms with Crippen LogP contribution in [0.1, 0.15) is 175 Å². The van der Waals surface area contributed by atoms with Crippen LogP contribution in [0.2, 0.25) is 0 Å². The monoisotopic (exact) mass is 1120 g/mol. The molecule has 2 N–H and O–H groups in total. The van der Waals surface area contributed by atoms with E-state index in [2.05, 4.69) is 173 Å². The first kappa shape index (κ1) is 74.3. The average molecular weight is 1130 g/mol. The number of aliphatic hydroxyl groups is 1. The molecule has 0 amide bonds. The van der Waals surface area contributed by atoms with Crippen LogP contribution in [0.3, 0.4) is 0 Å². The van der Waals surface area contributed by atoms with Crippen molar-refractivity contribution in [2.24, 2.45) is 0 Å². The molecule has 0 spiro atoms. The summed E-state index contributed by atoms with van der Waals surface area (Å²) in [5.41, 5.74) is 0. The van der Waals surface area contributed by atoms with Gasteiger partial charge in [-0.15, -0.1) is 0 Å². The Balaban J connectivity index is 4.97. The molecule has 0 bridgehead atoms. The second-order valence-electron chi connectivity index (χ2n) is 18.3. The fourth-order valence-electron chi connectivity index (χ4n) is 6.71. The molecule has 0 aliphatic heterocycles. The van der Waals surface area contributed by atoms with E-state index in [1.807, 2.05) is 36.5 Å². The normalized spacial score (nSPS) is 14.7. The van der Waals surface area contributed by atoms with E-state index in [4.69, 9.17) is 23.3 Å². The molecule has 11 nitrogen and oxygen atoms in total. The highest BCUT2D eigenvalue weighted by molar-refractivity contribution is 7.47. The molecular formula is C68H101O11P. The van der Waals surface area contributed by atoms with Crippen molar-refractivity contribution in [2.45, 2.75) is 187 Å². The number of esters is 3. The molecule has 0 heterocycles. The van der Waals surface area contributed by atoms with Crippen LogP contribution in [0, 0.1) is 0 Å². The van der Waals surface area contributed by atoms with Gasteiger partial charge in [-0.25, -0.2) is 4.57 Å². The van der Waals surface area contributed by atoms with Gasteiger partial charge >= 0.3 is 25.7 Å². The molecule has 12 heteroatoms. The van der Waals surface area contributed by atoms with E-state index in [0.717, 1.165) is 109 Å². The number of carbonyl (C=O) groups is 3. The van der Waals surface area contributed by atoms with Gasteiger partial charge in [0.2, 0.25) is 0 Å². The summed E-state index contributed by atoms with van der Waals surface area (Å²) in [7, 11) is -4.82. The number of aliphatic hydroxyl groups excluding tert-OH is 1. The highest BCUT2D eigenvalue weighted by Gasteiger charge is 2.28. The van der Waals surface area contributed by atoms with Crippen LogP contribution >= 0.6 is 7.82 Å². The molecule has 0 saturated carbocycles. The fraction of sp³-hybridized carbons (Fsp3) is 0.485. The van der Waals surface area contributed by atoms with Crippen molar-refractivity contribution in [3.05, 3.63) is 194 Å². The molecule has 3 atom stereocenters. The summed E-state index contributed by atoms with van der Waals surface area (Å²) in [5.74, 6) is -1.78. The number of allylic oxidation sites excluding steroid dienone is 31. The molecule has 0 aromatic carbocycles. The third-order valence-electron chi connectivity index (χ3n) is 11.0. The fourth-order valence-corrected chi connectivity index (χ4v) is 7.50. The van der Waals surface area contributed by atoms with Crippen LogP contribution in [0.5, 0.6) is 0 Å². The summed E-state index contributed by atoms with van der Waals surface area (Å²) in [6.07, 6.45) is 82.9. The molecule has 0 aromatic rings. The summed E-state index contributed by atoms with van der Waals surface area (Å²) < 4.78 is 39.3. The van der Waals surface area contributed by atoms with Crippen LogP contribution in [0.25, 0.3) is 0 Å². The molecule has 0 aliphatic rings. The number of unbranched alkanes of at least 4 members (excludes halogenated alkanes) is 3. The number of carbonyl (C=O) groups excluding carboxylic acids is 3. The minimum Gasteiger partial charge on any atom is -0.461 e. The largest absolute Gasteiger partial charge is 0.472 e. The van der Waals surface area contributed by atoms with Crippen LogP contribution in [-0.4, -0.2) is 66.5 Å². The first-order valence-corrected chi connectivity index (χ1v) is 30.8. The first-order chi connectivity index (χ1) is 39.2. The third-order valence-corrected chi connectivity index (χ3v) is 12.0. The van der Waals surface area contributed by atoms with E-state index in [1.54, 1.807) is 6.08 Å². The van der Waals surface area contributed by atoms with Crippen molar-refractivity contribution < 1.29 is 52.2 Å². The van der Waals surface area contributed by atoms with Crippen molar-refractivity contribution in [3.63, 3.8) is 0 Å². The minimum absolute atomic E-state index is 0.00772. The zero-order valence-electron chi connectivity index (χ0n) is 48.9. The molecule has 80 heavy (non-hydrogen) atoms. The van der Waals surface area contributed by atoms with E-state index in [1.165, 1.54) is 0 Å². The molecule has 0 saturated heterocycles. The summed E-state index contributed by atoms with van der Waals surface area (Å²) >= 11 is 0. The van der Waals surface area contributed by atoms with E-state index in [9.17, 15) is 28.9 Å². The van der Waals surface area contributed by atoms with Crippen LogP contribution in [0.15, 0.2) is 194 Å². The molecular weight excluding hydrogens is 1020 g/mol. The first-order valence-electron chi connectivity index (χ1n) is 29.3. The quantitative estimate of drug-likeness (QED) is 0.0197. The predicted molar refractivity (Wildman–Crippen MR) is 334 cm³/mol. The lowest BCUT2D eigenvalue weighted by Gasteiger charge is -2.21. The predicted octanol–water partition coefficient (Wildman–Crippen LogP) is 17.8. The van der Waals surface area contributed by atoms with Gasteiger partial charge in [-0.1, -0.05) is 222 Å². The maximum atomic E-state index is 12.9. The van der Waals surface area contributed by atoms with E-state index in [-0.39, 0.29) is 19.3 Å². The molecule has 0 fully saturated rings. The number of ether oxygens (including phenoxy) is 3. The summed E-state index contributed by atoms with van der Waals surface area (Å²) in [6, 6.07) is 0. The average Bonchev–Trinajstić information content (AvgIpc) is 3.45. The zero-order valence-corrected chi connectivity index (χ0v) is 49.8. The van der Waals surface area contributed by atoms with Crippen LogP contribution in [-0.2, 0) is 42.2 Å². The van der Waals surface area contributed by atoms with Crippen molar-refractivity contribution in [1.82, 2.24) is 0 Å². The molecule has 444 valence electrons. The Morgan fingerprint density at radius 3 is 1.05 bits per heavy atom. The Morgan fingerprint density at radius 2 is 0.675 bits per heavy atom. The van der Waals surface area contributed by atoms with Crippen LogP contribution < -0.4 is 0 Å². The Labute approximate surface area is 483 Å². The third kappa shape index (κ3) is 57.0. The van der Waals surface area contributed by atoms with Gasteiger partial charge < -0.3 is 24.2 Å². The Kier molecular flexibility index (Phi) is 55.2. The SMILES string of the molecule is CC/C=C\C/C=C\C/C=C\C/C=C\C/C=C\C/C=C\CCC(=O)OC(COC(=O)C/C=C\C/C=C\C/C=C\C/C=C\C/C=C\CC)COP(=O)(O)OCC(CO)OC(=O)CCCCC/C=C\C/C=C\C/C=C\C/C=C\C/C=C\CC. The number of hydrogen-bond donors (Lipinski definition) is 2. The van der Waals surface area contributed by atoms with Gasteiger partial charge in [0.25, 0.3) is 0 Å². The van der Waals surface area contributed by atoms with Crippen molar-refractivity contribution in [3.8, 4) is 0 Å². The van der Waals surface area contributed by atoms with Gasteiger partial charge in [-0.2, -0.15) is 0 Å². The highest BCUT2D eigenvalue weighted by Crippen LogP contribution is 2.43. The van der Waals surface area contributed by atoms with Crippen molar-refractivity contribution in [2.75, 3.05) is 26.4 Å². The van der Waals surface area contributed by atoms with E-state index < -0.39 is 64.4 Å². The van der Waals surface area contributed by atoms with Crippen LogP contribution in [0.4, 0.5) is 0 Å². The number of hydrogen-bond acceptors (Lipinski definition) is 10. The van der Waals surface area contributed by atoms with Gasteiger partial charge in [-0.05, 0) is 128 Å². The lowest BCUT2D eigenvalue weighted by Crippen LogP contribution is -2.30. The Morgan fingerprint density at radius 1 is 0.362 bits per heavy atom. The maximum absolute atomic E-state index is 12.9. The van der Waals surface area contributed by atoms with Crippen molar-refractivity contribution >= 4 is 25.7 Å². The molecule has 0 rings (SSSR count). The topological polar surface area (TPSA) is 155 Å². The second kappa shape index (κ2) is 59.4. The maximum Gasteiger partial charge on any atom is 0.472 e. The number of rotatable bonds is 51. The smallest absolute Gasteiger partial charge is 0.461 e. The Bertz CT molecular complexity index is 2090. The standard InChI is InChI=1S/C68H101O11P/c1-4-7-10-13-16-19-22-25-28-30-32-34-37-40-43-46-49-52-55-58-67(71)78-64(60-69)62-76-80(73,74)77-63-65(61-75-66(70)57-54-51-48-45-42-39-36-27-24-21-18-15-12-9-6-3)79-68(72)59-56-53-50-47-44-41-38-35-33-31-29-26-23-20-17-14-11-8-5-2/h7-12,16-21,25-29,32-36,40-45,50-51,53-54,64-65,69H,4-6,13-15,22-24,30-31,37-39,46-49,52,55-63H2,1-3H3,(H,73,74)/b10-7-,11-8-,12-9-,19-16-,20-17-,21-18-,28-25-,29-26-,34-32-,35-33-,36-27-,43-40-,44-41-,45-42-,53-50-,54-51-. The summed E-state index contributed by atoms with van der Waals surface area (Å²) in [6.45, 7) is 4.03. The van der Waals surface area contributed by atoms with Gasteiger partial charge in [-0.3, -0.25) is 23.4 Å². The van der Waals surface area contributed by atoms with Gasteiger partial charge in [0.05, 0.1) is 26.2 Å². The lowest BCUT2D eigenvalue weighted by molar-refractivity contribution is -0.160. The molecule has 0 aliphatic carbocycles. The number of phosphoric ester groups is 1. The molecule has 0 radical (unpaired) electrons. The van der Waals surface area contributed by atoms with E-state index in [0.29, 0.717) is 25.7 Å². The summed E-state index contributed by atoms with van der Waals surface area (Å²) in [5, 5.41) is 9.83. The molecule has 3 unspecified atom stereocenters. The zero-order chi connectivity index (χ0) is 58.3. The second-order valence-corrected chi connectivity index (χ2v) is 19.8. The van der Waals surface area contributed by atoms with Gasteiger partial charge in [0.1, 0.15) is 12.7 Å². The lowest BCUT2D eigenvalue weighted by atomic mass is 10.1. The molecule has 0 aromatic heterocycles. The highest BCUT2D eigenvalue weighted by atomic mass is 31.2. The van der Waals surface area contributed by atoms with Crippen molar-refractivity contribution in [1.29, 1.82) is 0 Å². The minimum atomic E-state index is -4.82. The van der Waals surface area contributed by atoms with E-state index >= 15 is 0 Å². The number of phosphoric acid groups is 1. The van der Waals surface area contributed by atoms with Gasteiger partial charge in [0, 0.05) is 12.8 Å². The Hall–Kier alpha value is -5.68.